The standard InChI is InChI=1S/C61H56BN3O/c1-39-34-54-58-55(35-39)65(59-40(2)16-15-17-41(59)3)53-38-49(63(46-19-11-10-12-20-46)47-27-22-42(23-28-47)57-36-43-18-13-14-21-56(43)66-57)31-32-50(53)62(58)51-37-45(61(7,8)9)26-33-52(51)64(54)48-29-24-44(25-30-48)60(4,5)6/h10-38H,1-9H3. The molecule has 9 aromatic rings. The number of aryl methyl sites for hydroxylation is 3. The molecule has 0 bridgehead atoms. The molecule has 0 radical (unpaired) electrons. The number of furan rings is 1. The van der Waals surface area contributed by atoms with Crippen LogP contribution >= 0.6 is 0 Å². The van der Waals surface area contributed by atoms with Crippen molar-refractivity contribution in [3.63, 3.8) is 0 Å². The van der Waals surface area contributed by atoms with Gasteiger partial charge in [-0.25, -0.2) is 0 Å². The third-order valence-electron chi connectivity index (χ3n) is 13.8. The second-order valence-electron chi connectivity index (χ2n) is 20.5. The first-order valence-corrected chi connectivity index (χ1v) is 23.4. The molecule has 5 heteroatoms. The summed E-state index contributed by atoms with van der Waals surface area (Å²) in [6.45, 7) is 20.6. The van der Waals surface area contributed by atoms with Gasteiger partial charge >= 0.3 is 0 Å². The third kappa shape index (κ3) is 6.92. The number of hydrogen-bond donors (Lipinski definition) is 0. The number of rotatable bonds is 6. The molecule has 0 fully saturated rings. The van der Waals surface area contributed by atoms with Crippen molar-refractivity contribution in [2.24, 2.45) is 0 Å². The van der Waals surface area contributed by atoms with E-state index in [0.717, 1.165) is 39.4 Å². The van der Waals surface area contributed by atoms with Crippen molar-refractivity contribution < 1.29 is 4.42 Å². The van der Waals surface area contributed by atoms with Gasteiger partial charge in [0.15, 0.2) is 0 Å². The van der Waals surface area contributed by atoms with Crippen LogP contribution in [0.2, 0.25) is 0 Å². The summed E-state index contributed by atoms with van der Waals surface area (Å²) in [5.41, 5.74) is 22.8. The Morgan fingerprint density at radius 2 is 1.09 bits per heavy atom. The van der Waals surface area contributed by atoms with Crippen LogP contribution < -0.4 is 31.1 Å². The molecule has 0 aliphatic carbocycles. The molecule has 0 saturated carbocycles. The molecule has 3 heterocycles. The van der Waals surface area contributed by atoms with E-state index in [-0.39, 0.29) is 17.5 Å². The van der Waals surface area contributed by atoms with Crippen molar-refractivity contribution in [3.05, 3.63) is 204 Å². The average Bonchev–Trinajstić information content (AvgIpc) is 3.74. The molecular weight excluding hydrogens is 802 g/mol. The first-order chi connectivity index (χ1) is 31.7. The second kappa shape index (κ2) is 15.4. The molecule has 2 aliphatic heterocycles. The Hall–Kier alpha value is -7.24. The summed E-state index contributed by atoms with van der Waals surface area (Å²) in [6.07, 6.45) is 0. The highest BCUT2D eigenvalue weighted by Crippen LogP contribution is 2.48. The number of hydrogen-bond acceptors (Lipinski definition) is 4. The highest BCUT2D eigenvalue weighted by Gasteiger charge is 2.44. The van der Waals surface area contributed by atoms with Crippen molar-refractivity contribution in [3.8, 4) is 11.3 Å². The van der Waals surface area contributed by atoms with Crippen molar-refractivity contribution >= 4 is 85.3 Å². The Balaban J connectivity index is 1.15. The monoisotopic (exact) mass is 857 g/mol. The molecule has 1 aromatic heterocycles. The molecule has 4 nitrogen and oxygen atoms in total. The zero-order chi connectivity index (χ0) is 45.6. The summed E-state index contributed by atoms with van der Waals surface area (Å²) in [6, 6.07) is 65.2. The van der Waals surface area contributed by atoms with Gasteiger partial charge in [-0.2, -0.15) is 0 Å². The van der Waals surface area contributed by atoms with Gasteiger partial charge in [0.25, 0.3) is 6.71 Å². The minimum Gasteiger partial charge on any atom is -0.456 e. The number of benzene rings is 8. The summed E-state index contributed by atoms with van der Waals surface area (Å²) in [7, 11) is 0. The van der Waals surface area contributed by atoms with E-state index in [1.807, 2.05) is 12.1 Å². The van der Waals surface area contributed by atoms with Crippen LogP contribution in [0.1, 0.15) is 69.4 Å². The predicted octanol–water partition coefficient (Wildman–Crippen LogP) is 15.2. The fourth-order valence-electron chi connectivity index (χ4n) is 10.4. The summed E-state index contributed by atoms with van der Waals surface area (Å²) in [4.78, 5) is 7.50. The summed E-state index contributed by atoms with van der Waals surface area (Å²) >= 11 is 0. The molecule has 0 unspecified atom stereocenters. The Bertz CT molecular complexity index is 3260. The van der Waals surface area contributed by atoms with Crippen LogP contribution in [0.3, 0.4) is 0 Å². The minimum atomic E-state index is -0.0353. The van der Waals surface area contributed by atoms with Gasteiger partial charge in [0.1, 0.15) is 11.3 Å². The number of fused-ring (bicyclic) bond motifs is 5. The SMILES string of the molecule is Cc1cc2c3c(c1)N(c1c(C)cccc1C)c1cc(N(c4ccccc4)c4ccc(-c5cc6ccccc6o5)cc4)ccc1B3c1cc(C(C)(C)C)ccc1N2c1ccc(C(C)(C)C)cc1. The van der Waals surface area contributed by atoms with Gasteiger partial charge in [-0.05, 0) is 167 Å². The lowest BCUT2D eigenvalue weighted by Crippen LogP contribution is -2.61. The normalized spacial score (nSPS) is 13.1. The summed E-state index contributed by atoms with van der Waals surface area (Å²) in [5, 5.41) is 1.10. The van der Waals surface area contributed by atoms with Crippen molar-refractivity contribution in [2.45, 2.75) is 73.1 Å². The van der Waals surface area contributed by atoms with Gasteiger partial charge in [0, 0.05) is 56.4 Å². The van der Waals surface area contributed by atoms with Crippen LogP contribution in [0.25, 0.3) is 22.3 Å². The molecule has 0 saturated heterocycles. The van der Waals surface area contributed by atoms with Crippen molar-refractivity contribution in [2.75, 3.05) is 14.7 Å². The van der Waals surface area contributed by atoms with E-state index >= 15 is 0 Å². The molecule has 0 N–H and O–H groups in total. The Morgan fingerprint density at radius 1 is 0.470 bits per heavy atom. The number of para-hydroxylation sites is 3. The lowest BCUT2D eigenvalue weighted by atomic mass is 9.33. The summed E-state index contributed by atoms with van der Waals surface area (Å²) in [5.74, 6) is 0.864. The van der Waals surface area contributed by atoms with Crippen LogP contribution in [0.15, 0.2) is 180 Å². The van der Waals surface area contributed by atoms with Crippen LogP contribution in [0, 0.1) is 20.8 Å². The first kappa shape index (κ1) is 41.5. The molecule has 324 valence electrons. The average molecular weight is 858 g/mol. The maximum absolute atomic E-state index is 6.31. The van der Waals surface area contributed by atoms with Crippen LogP contribution in [-0.2, 0) is 10.8 Å². The van der Waals surface area contributed by atoms with E-state index in [0.29, 0.717) is 0 Å². The van der Waals surface area contributed by atoms with Crippen molar-refractivity contribution in [1.82, 2.24) is 0 Å². The van der Waals surface area contributed by atoms with Gasteiger partial charge in [-0.1, -0.05) is 126 Å². The fraction of sp³-hybridized carbons (Fsp3) is 0.180. The highest BCUT2D eigenvalue weighted by molar-refractivity contribution is 7.00. The smallest absolute Gasteiger partial charge is 0.252 e. The molecule has 8 aromatic carbocycles. The molecule has 0 spiro atoms. The molecule has 0 amide bonds. The summed E-state index contributed by atoms with van der Waals surface area (Å²) < 4.78 is 6.31. The maximum Gasteiger partial charge on any atom is 0.252 e. The quantitative estimate of drug-likeness (QED) is 0.155. The fourth-order valence-corrected chi connectivity index (χ4v) is 10.4. The van der Waals surface area contributed by atoms with Gasteiger partial charge in [-0.15, -0.1) is 0 Å². The molecule has 2 aliphatic rings. The van der Waals surface area contributed by atoms with E-state index in [4.69, 9.17) is 4.42 Å². The van der Waals surface area contributed by atoms with Gasteiger partial charge in [0.2, 0.25) is 0 Å². The van der Waals surface area contributed by atoms with Gasteiger partial charge < -0.3 is 19.1 Å². The Morgan fingerprint density at radius 3 is 1.77 bits per heavy atom. The van der Waals surface area contributed by atoms with Crippen LogP contribution in [0.4, 0.5) is 51.2 Å². The molecule has 0 atom stereocenters. The highest BCUT2D eigenvalue weighted by atomic mass is 16.3. The lowest BCUT2D eigenvalue weighted by Gasteiger charge is -2.45. The van der Waals surface area contributed by atoms with Crippen LogP contribution in [-0.4, -0.2) is 6.71 Å². The zero-order valence-corrected chi connectivity index (χ0v) is 39.6. The Kier molecular flexibility index (Phi) is 9.71. The Labute approximate surface area is 390 Å². The number of nitrogens with zero attached hydrogens (tertiary/aromatic N) is 3. The second-order valence-corrected chi connectivity index (χ2v) is 20.5. The first-order valence-electron chi connectivity index (χ1n) is 23.4. The van der Waals surface area contributed by atoms with Crippen LogP contribution in [0.5, 0.6) is 0 Å². The zero-order valence-electron chi connectivity index (χ0n) is 39.6. The van der Waals surface area contributed by atoms with E-state index < -0.39 is 0 Å². The van der Waals surface area contributed by atoms with E-state index in [1.165, 1.54) is 78.3 Å². The molecule has 66 heavy (non-hydrogen) atoms. The van der Waals surface area contributed by atoms with E-state index in [1.54, 1.807) is 0 Å². The van der Waals surface area contributed by atoms with E-state index in [9.17, 15) is 0 Å². The van der Waals surface area contributed by atoms with Crippen molar-refractivity contribution in [1.29, 1.82) is 0 Å². The lowest BCUT2D eigenvalue weighted by molar-refractivity contribution is 0.590. The number of anilines is 9. The largest absolute Gasteiger partial charge is 0.456 e. The van der Waals surface area contributed by atoms with Gasteiger partial charge in [-0.3, -0.25) is 0 Å². The molecule has 11 rings (SSSR count). The van der Waals surface area contributed by atoms with Gasteiger partial charge in [0.05, 0.1) is 5.69 Å². The third-order valence-corrected chi connectivity index (χ3v) is 13.8. The topological polar surface area (TPSA) is 22.9 Å². The predicted molar refractivity (Wildman–Crippen MR) is 282 cm³/mol. The molecular formula is C61H56BN3O. The maximum atomic E-state index is 6.31. The van der Waals surface area contributed by atoms with E-state index in [2.05, 4.69) is 241 Å². The minimum absolute atomic E-state index is 0.00380.